The van der Waals surface area contributed by atoms with E-state index < -0.39 is 11.8 Å². The third kappa shape index (κ3) is 3.46. The maximum Gasteiger partial charge on any atom is 0.358 e. The summed E-state index contributed by atoms with van der Waals surface area (Å²) in [6, 6.07) is 10.9. The summed E-state index contributed by atoms with van der Waals surface area (Å²) in [6.45, 7) is 0.145. The van der Waals surface area contributed by atoms with Gasteiger partial charge in [-0.25, -0.2) is 13.9 Å². The molecule has 0 spiro atoms. The molecule has 3 rings (SSSR count). The third-order valence-electron chi connectivity index (χ3n) is 3.62. The largest absolute Gasteiger partial charge is 0.497 e. The number of methoxy groups -OCH3 is 1. The molecule has 1 heterocycles. The Morgan fingerprint density at radius 2 is 2.12 bits per heavy atom. The molecule has 0 amide bonds. The Labute approximate surface area is 147 Å². The van der Waals surface area contributed by atoms with Crippen LogP contribution in [0.25, 0.3) is 11.3 Å². The van der Waals surface area contributed by atoms with Crippen molar-refractivity contribution in [3.05, 3.63) is 64.6 Å². The molecule has 128 valence electrons. The number of benzene rings is 2. The molecule has 0 radical (unpaired) electrons. The van der Waals surface area contributed by atoms with Gasteiger partial charge in [-0.3, -0.25) is 0 Å². The van der Waals surface area contributed by atoms with Gasteiger partial charge < -0.3 is 9.84 Å². The second-order valence-electron chi connectivity index (χ2n) is 5.22. The minimum absolute atomic E-state index is 0.145. The van der Waals surface area contributed by atoms with Crippen molar-refractivity contribution in [3.8, 4) is 17.0 Å². The SMILES string of the molecule is COc1cccc(-c2c(C(=O)O)nnn2Cc2ccc(F)cc2Cl)c1. The van der Waals surface area contributed by atoms with Crippen molar-refractivity contribution >= 4 is 17.6 Å². The van der Waals surface area contributed by atoms with Crippen molar-refractivity contribution in [2.75, 3.05) is 7.11 Å². The molecule has 0 aliphatic carbocycles. The first-order chi connectivity index (χ1) is 12.0. The molecule has 0 unspecified atom stereocenters. The van der Waals surface area contributed by atoms with Gasteiger partial charge in [0, 0.05) is 10.6 Å². The van der Waals surface area contributed by atoms with Gasteiger partial charge in [-0.15, -0.1) is 5.10 Å². The van der Waals surface area contributed by atoms with Crippen LogP contribution >= 0.6 is 11.6 Å². The summed E-state index contributed by atoms with van der Waals surface area (Å²) in [5, 5.41) is 17.3. The first-order valence-electron chi connectivity index (χ1n) is 7.24. The van der Waals surface area contributed by atoms with Crippen LogP contribution in [0.4, 0.5) is 4.39 Å². The van der Waals surface area contributed by atoms with Crippen LogP contribution in [-0.4, -0.2) is 33.2 Å². The topological polar surface area (TPSA) is 77.2 Å². The summed E-state index contributed by atoms with van der Waals surface area (Å²) < 4.78 is 19.8. The Morgan fingerprint density at radius 3 is 2.80 bits per heavy atom. The molecule has 0 aliphatic heterocycles. The lowest BCUT2D eigenvalue weighted by molar-refractivity contribution is 0.0691. The Kier molecular flexibility index (Phi) is 4.67. The zero-order chi connectivity index (χ0) is 18.0. The first-order valence-corrected chi connectivity index (χ1v) is 7.62. The van der Waals surface area contributed by atoms with Gasteiger partial charge in [0.2, 0.25) is 0 Å². The van der Waals surface area contributed by atoms with Crippen molar-refractivity contribution in [1.82, 2.24) is 15.0 Å². The van der Waals surface area contributed by atoms with E-state index in [-0.39, 0.29) is 17.3 Å². The van der Waals surface area contributed by atoms with Crippen LogP contribution in [0.1, 0.15) is 16.1 Å². The molecule has 0 fully saturated rings. The average molecular weight is 362 g/mol. The molecular weight excluding hydrogens is 349 g/mol. The van der Waals surface area contributed by atoms with Crippen molar-refractivity contribution in [2.24, 2.45) is 0 Å². The highest BCUT2D eigenvalue weighted by atomic mass is 35.5. The minimum Gasteiger partial charge on any atom is -0.497 e. The van der Waals surface area contributed by atoms with Gasteiger partial charge in [0.15, 0.2) is 5.69 Å². The molecule has 1 N–H and O–H groups in total. The van der Waals surface area contributed by atoms with Crippen molar-refractivity contribution < 1.29 is 19.0 Å². The lowest BCUT2D eigenvalue weighted by Crippen LogP contribution is -2.07. The number of halogens is 2. The molecule has 25 heavy (non-hydrogen) atoms. The number of nitrogens with zero attached hydrogens (tertiary/aromatic N) is 3. The molecule has 0 saturated heterocycles. The lowest BCUT2D eigenvalue weighted by atomic mass is 10.1. The van der Waals surface area contributed by atoms with Crippen LogP contribution in [0.2, 0.25) is 5.02 Å². The second-order valence-corrected chi connectivity index (χ2v) is 5.62. The Morgan fingerprint density at radius 1 is 1.32 bits per heavy atom. The van der Waals surface area contributed by atoms with E-state index in [1.165, 1.54) is 30.0 Å². The molecular formula is C17H13ClFN3O3. The molecule has 8 heteroatoms. The van der Waals surface area contributed by atoms with E-state index in [1.54, 1.807) is 24.3 Å². The predicted molar refractivity (Wildman–Crippen MR) is 89.5 cm³/mol. The first kappa shape index (κ1) is 16.9. The van der Waals surface area contributed by atoms with Crippen LogP contribution in [0.3, 0.4) is 0 Å². The monoisotopic (exact) mass is 361 g/mol. The molecule has 0 atom stereocenters. The Balaban J connectivity index is 2.09. The summed E-state index contributed by atoms with van der Waals surface area (Å²) in [5.41, 5.74) is 1.30. The normalized spacial score (nSPS) is 10.7. The highest BCUT2D eigenvalue weighted by molar-refractivity contribution is 6.31. The van der Waals surface area contributed by atoms with Crippen LogP contribution in [-0.2, 0) is 6.54 Å². The van der Waals surface area contributed by atoms with E-state index in [0.717, 1.165) is 0 Å². The van der Waals surface area contributed by atoms with Crippen molar-refractivity contribution in [3.63, 3.8) is 0 Å². The smallest absolute Gasteiger partial charge is 0.358 e. The van der Waals surface area contributed by atoms with Gasteiger partial charge in [0.1, 0.15) is 17.3 Å². The summed E-state index contributed by atoms with van der Waals surface area (Å²) >= 11 is 6.06. The lowest BCUT2D eigenvalue weighted by Gasteiger charge is -2.10. The van der Waals surface area contributed by atoms with E-state index in [2.05, 4.69) is 10.3 Å². The second kappa shape index (κ2) is 6.90. The number of rotatable bonds is 5. The standard InChI is InChI=1S/C17H13ClFN3O3/c1-25-13-4-2-3-10(7-13)16-15(17(23)24)20-21-22(16)9-11-5-6-12(19)8-14(11)18/h2-8H,9H2,1H3,(H,23,24). The zero-order valence-electron chi connectivity index (χ0n) is 13.1. The van der Waals surface area contributed by atoms with E-state index in [4.69, 9.17) is 16.3 Å². The summed E-state index contributed by atoms with van der Waals surface area (Å²) in [6.07, 6.45) is 0. The average Bonchev–Trinajstić information content (AvgIpc) is 3.01. The van der Waals surface area contributed by atoms with Crippen LogP contribution in [0, 0.1) is 5.82 Å². The number of carboxylic acids is 1. The van der Waals surface area contributed by atoms with E-state index in [0.29, 0.717) is 22.6 Å². The zero-order valence-corrected chi connectivity index (χ0v) is 13.9. The molecule has 0 saturated carbocycles. The highest BCUT2D eigenvalue weighted by Gasteiger charge is 2.21. The van der Waals surface area contributed by atoms with Crippen LogP contribution in [0.15, 0.2) is 42.5 Å². The van der Waals surface area contributed by atoms with E-state index in [9.17, 15) is 14.3 Å². The van der Waals surface area contributed by atoms with E-state index >= 15 is 0 Å². The fraction of sp³-hybridized carbons (Fsp3) is 0.118. The predicted octanol–water partition coefficient (Wildman–Crippen LogP) is 3.49. The van der Waals surface area contributed by atoms with Gasteiger partial charge in [0.05, 0.1) is 13.7 Å². The van der Waals surface area contributed by atoms with Gasteiger partial charge in [-0.2, -0.15) is 0 Å². The van der Waals surface area contributed by atoms with Crippen LogP contribution < -0.4 is 4.74 Å². The number of aromatic carboxylic acids is 1. The fourth-order valence-corrected chi connectivity index (χ4v) is 2.66. The van der Waals surface area contributed by atoms with Crippen molar-refractivity contribution in [2.45, 2.75) is 6.54 Å². The molecule has 1 aromatic heterocycles. The number of hydrogen-bond acceptors (Lipinski definition) is 4. The summed E-state index contributed by atoms with van der Waals surface area (Å²) in [5.74, 6) is -1.08. The maximum absolute atomic E-state index is 13.2. The summed E-state index contributed by atoms with van der Waals surface area (Å²) in [4.78, 5) is 11.5. The number of ether oxygens (including phenoxy) is 1. The Hall–Kier alpha value is -2.93. The number of aromatic nitrogens is 3. The maximum atomic E-state index is 13.2. The van der Waals surface area contributed by atoms with Gasteiger partial charge in [-0.1, -0.05) is 35.0 Å². The van der Waals surface area contributed by atoms with Crippen molar-refractivity contribution in [1.29, 1.82) is 0 Å². The number of carboxylic acid groups (broad SMARTS) is 1. The van der Waals surface area contributed by atoms with Crippen LogP contribution in [0.5, 0.6) is 5.75 Å². The molecule has 0 bridgehead atoms. The van der Waals surface area contributed by atoms with Gasteiger partial charge in [0.25, 0.3) is 0 Å². The summed E-state index contributed by atoms with van der Waals surface area (Å²) in [7, 11) is 1.52. The fourth-order valence-electron chi connectivity index (χ4n) is 2.44. The third-order valence-corrected chi connectivity index (χ3v) is 3.97. The Bertz CT molecular complexity index is 943. The van der Waals surface area contributed by atoms with Gasteiger partial charge in [-0.05, 0) is 29.8 Å². The number of hydrogen-bond donors (Lipinski definition) is 1. The highest BCUT2D eigenvalue weighted by Crippen LogP contribution is 2.28. The van der Waals surface area contributed by atoms with Gasteiger partial charge >= 0.3 is 5.97 Å². The minimum atomic E-state index is -1.20. The number of carbonyl (C=O) groups is 1. The van der Waals surface area contributed by atoms with E-state index in [1.807, 2.05) is 0 Å². The quantitative estimate of drug-likeness (QED) is 0.752. The molecule has 3 aromatic rings. The molecule has 0 aliphatic rings. The molecule has 2 aromatic carbocycles. The molecule has 6 nitrogen and oxygen atoms in total.